The van der Waals surface area contributed by atoms with Crippen molar-refractivity contribution in [1.29, 1.82) is 0 Å². The summed E-state index contributed by atoms with van der Waals surface area (Å²) in [4.78, 5) is 8.50. The van der Waals surface area contributed by atoms with Crippen molar-refractivity contribution in [2.45, 2.75) is 23.7 Å². The number of ether oxygens (including phenoxy) is 1. The summed E-state index contributed by atoms with van der Waals surface area (Å²) in [5.74, 6) is 7.89. The van der Waals surface area contributed by atoms with Crippen LogP contribution in [0.4, 0.5) is 0 Å². The Kier molecular flexibility index (Phi) is 3.86. The van der Waals surface area contributed by atoms with E-state index in [0.717, 1.165) is 22.0 Å². The predicted molar refractivity (Wildman–Crippen MR) is 88.2 cm³/mol. The molecule has 4 heterocycles. The van der Waals surface area contributed by atoms with E-state index in [1.54, 1.807) is 24.0 Å². The molecule has 0 aliphatic heterocycles. The molecular weight excluding hydrogens is 344 g/mol. The Bertz CT molecular complexity index is 1040. The molecule has 0 saturated carbocycles. The first-order chi connectivity index (χ1) is 12.2. The molecule has 0 aromatic carbocycles. The molecule has 0 atom stereocenters. The maximum absolute atomic E-state index is 6.17. The third kappa shape index (κ3) is 2.72. The van der Waals surface area contributed by atoms with Gasteiger partial charge in [-0.15, -0.1) is 10.2 Å². The monoisotopic (exact) mass is 358 g/mol. The first kappa shape index (κ1) is 15.6. The molecule has 4 aromatic rings. The summed E-state index contributed by atoms with van der Waals surface area (Å²) < 4.78 is 13.5. The number of nitrogens with zero attached hydrogens (tertiary/aromatic N) is 7. The van der Waals surface area contributed by atoms with Gasteiger partial charge < -0.3 is 15.0 Å². The highest BCUT2D eigenvalue weighted by Gasteiger charge is 2.18. The van der Waals surface area contributed by atoms with E-state index in [-0.39, 0.29) is 0 Å². The molecule has 0 aliphatic carbocycles. The van der Waals surface area contributed by atoms with Crippen molar-refractivity contribution in [3.05, 3.63) is 36.2 Å². The molecule has 25 heavy (non-hydrogen) atoms. The van der Waals surface area contributed by atoms with Crippen molar-refractivity contribution in [3.8, 4) is 11.4 Å². The van der Waals surface area contributed by atoms with Gasteiger partial charge in [0.15, 0.2) is 5.82 Å². The van der Waals surface area contributed by atoms with Gasteiger partial charge in [-0.25, -0.2) is 9.66 Å². The van der Waals surface area contributed by atoms with Gasteiger partial charge in [0.2, 0.25) is 5.16 Å². The molecule has 0 bridgehead atoms. The fourth-order valence-electron chi connectivity index (χ4n) is 2.37. The van der Waals surface area contributed by atoms with Gasteiger partial charge in [-0.2, -0.15) is 14.6 Å². The maximum atomic E-state index is 6.17. The van der Waals surface area contributed by atoms with Gasteiger partial charge in [0.25, 0.3) is 5.78 Å². The van der Waals surface area contributed by atoms with Crippen LogP contribution in [0.2, 0.25) is 0 Å². The Morgan fingerprint density at radius 1 is 1.36 bits per heavy atom. The average molecular weight is 358 g/mol. The molecule has 0 saturated heterocycles. The van der Waals surface area contributed by atoms with Crippen LogP contribution in [0.5, 0.6) is 0 Å². The van der Waals surface area contributed by atoms with Crippen LogP contribution < -0.4 is 5.84 Å². The molecule has 4 rings (SSSR count). The SMILES string of the molecule is COCc1cc(Sc2nnc(-c3ccoc3C)n2N)n2ncnc2n1. The Morgan fingerprint density at radius 3 is 3.00 bits per heavy atom. The highest BCUT2D eigenvalue weighted by Crippen LogP contribution is 2.29. The number of hydrogen-bond donors (Lipinski definition) is 1. The highest BCUT2D eigenvalue weighted by molar-refractivity contribution is 7.99. The summed E-state index contributed by atoms with van der Waals surface area (Å²) in [6.07, 6.45) is 3.03. The molecule has 0 fully saturated rings. The lowest BCUT2D eigenvalue weighted by Crippen LogP contribution is -2.12. The van der Waals surface area contributed by atoms with Gasteiger partial charge in [-0.1, -0.05) is 0 Å². The third-order valence-electron chi connectivity index (χ3n) is 3.52. The van der Waals surface area contributed by atoms with Crippen LogP contribution in [-0.4, -0.2) is 41.6 Å². The molecule has 0 radical (unpaired) electrons. The zero-order valence-corrected chi connectivity index (χ0v) is 14.3. The van der Waals surface area contributed by atoms with Crippen LogP contribution in [0, 0.1) is 6.92 Å². The van der Waals surface area contributed by atoms with Gasteiger partial charge in [0.1, 0.15) is 17.1 Å². The second-order valence-electron chi connectivity index (χ2n) is 5.16. The minimum Gasteiger partial charge on any atom is -0.469 e. The molecule has 11 heteroatoms. The summed E-state index contributed by atoms with van der Waals surface area (Å²) in [7, 11) is 1.61. The molecular formula is C14H14N8O2S. The van der Waals surface area contributed by atoms with Crippen LogP contribution in [-0.2, 0) is 11.3 Å². The normalized spacial score (nSPS) is 11.4. The summed E-state index contributed by atoms with van der Waals surface area (Å²) >= 11 is 1.31. The van der Waals surface area contributed by atoms with Gasteiger partial charge in [-0.05, 0) is 30.8 Å². The Balaban J connectivity index is 1.74. The molecule has 0 amide bonds. The van der Waals surface area contributed by atoms with E-state index in [9.17, 15) is 0 Å². The summed E-state index contributed by atoms with van der Waals surface area (Å²) in [5.41, 5.74) is 1.53. The number of methoxy groups -OCH3 is 1. The smallest absolute Gasteiger partial charge is 0.253 e. The number of fused-ring (bicyclic) bond motifs is 1. The zero-order chi connectivity index (χ0) is 17.4. The molecule has 128 valence electrons. The molecule has 4 aromatic heterocycles. The minimum absolute atomic E-state index is 0.367. The number of rotatable bonds is 5. The van der Waals surface area contributed by atoms with E-state index in [2.05, 4.69) is 25.3 Å². The number of hydrogen-bond acceptors (Lipinski definition) is 9. The topological polar surface area (TPSA) is 122 Å². The summed E-state index contributed by atoms with van der Waals surface area (Å²) in [6, 6.07) is 3.66. The van der Waals surface area contributed by atoms with Gasteiger partial charge >= 0.3 is 0 Å². The van der Waals surface area contributed by atoms with E-state index in [0.29, 0.717) is 23.4 Å². The van der Waals surface area contributed by atoms with E-state index < -0.39 is 0 Å². The number of nitrogens with two attached hydrogens (primary N) is 1. The first-order valence-corrected chi connectivity index (χ1v) is 8.10. The Labute approximate surface area is 146 Å². The second kappa shape index (κ2) is 6.18. The first-order valence-electron chi connectivity index (χ1n) is 7.28. The van der Waals surface area contributed by atoms with Crippen LogP contribution >= 0.6 is 11.8 Å². The lowest BCUT2D eigenvalue weighted by atomic mass is 10.2. The molecule has 10 nitrogen and oxygen atoms in total. The largest absolute Gasteiger partial charge is 0.469 e. The van der Waals surface area contributed by atoms with Gasteiger partial charge in [0.05, 0.1) is 24.1 Å². The summed E-state index contributed by atoms with van der Waals surface area (Å²) in [5, 5.41) is 13.8. The third-order valence-corrected chi connectivity index (χ3v) is 4.49. The molecule has 2 N–H and O–H groups in total. The fraction of sp³-hybridized carbons (Fsp3) is 0.214. The molecule has 0 unspecified atom stereocenters. The molecule has 0 spiro atoms. The Hall–Kier alpha value is -2.92. The van der Waals surface area contributed by atoms with Crippen LogP contribution in [0.15, 0.2) is 39.3 Å². The molecule has 0 aliphatic rings. The number of aromatic nitrogens is 7. The van der Waals surface area contributed by atoms with Crippen molar-refractivity contribution >= 4 is 17.5 Å². The van der Waals surface area contributed by atoms with Gasteiger partial charge in [0, 0.05) is 7.11 Å². The average Bonchev–Trinajstić information content (AvgIpc) is 3.30. The minimum atomic E-state index is 0.367. The number of nitrogen functional groups attached to an aromatic ring is 1. The van der Waals surface area contributed by atoms with Crippen molar-refractivity contribution in [2.24, 2.45) is 0 Å². The van der Waals surface area contributed by atoms with Crippen molar-refractivity contribution in [2.75, 3.05) is 13.0 Å². The van der Waals surface area contributed by atoms with Gasteiger partial charge in [-0.3, -0.25) is 0 Å². The van der Waals surface area contributed by atoms with E-state index >= 15 is 0 Å². The zero-order valence-electron chi connectivity index (χ0n) is 13.4. The second-order valence-corrected chi connectivity index (χ2v) is 6.15. The lowest BCUT2D eigenvalue weighted by Gasteiger charge is -2.06. The fourth-order valence-corrected chi connectivity index (χ4v) is 3.23. The summed E-state index contributed by atoms with van der Waals surface area (Å²) in [6.45, 7) is 2.21. The maximum Gasteiger partial charge on any atom is 0.253 e. The van der Waals surface area contributed by atoms with E-state index in [1.165, 1.54) is 22.8 Å². The van der Waals surface area contributed by atoms with Crippen LogP contribution in [0.25, 0.3) is 17.2 Å². The quantitative estimate of drug-likeness (QED) is 0.415. The van der Waals surface area contributed by atoms with Crippen LogP contribution in [0.3, 0.4) is 0 Å². The van der Waals surface area contributed by atoms with Crippen molar-refractivity contribution in [1.82, 2.24) is 34.5 Å². The lowest BCUT2D eigenvalue weighted by molar-refractivity contribution is 0.181. The van der Waals surface area contributed by atoms with Crippen LogP contribution in [0.1, 0.15) is 11.5 Å². The van der Waals surface area contributed by atoms with E-state index in [4.69, 9.17) is 15.0 Å². The van der Waals surface area contributed by atoms with E-state index in [1.807, 2.05) is 13.0 Å². The Morgan fingerprint density at radius 2 is 2.24 bits per heavy atom. The standard InChI is InChI=1S/C14H14N8O2S/c1-8-10(3-4-24-8)12-19-20-14(21(12)15)25-11-5-9(6-23-2)18-13-16-7-17-22(11)13/h3-5,7H,6,15H2,1-2H3. The number of furan rings is 1. The number of aryl methyl sites for hydroxylation is 1. The van der Waals surface area contributed by atoms with Crippen molar-refractivity contribution in [3.63, 3.8) is 0 Å². The predicted octanol–water partition coefficient (Wildman–Crippen LogP) is 1.30. The van der Waals surface area contributed by atoms with Crippen molar-refractivity contribution < 1.29 is 9.15 Å². The highest BCUT2D eigenvalue weighted by atomic mass is 32.2.